The lowest BCUT2D eigenvalue weighted by molar-refractivity contribution is 0.612. The molecule has 0 unspecified atom stereocenters. The van der Waals surface area contributed by atoms with Gasteiger partial charge in [-0.1, -0.05) is 24.3 Å². The van der Waals surface area contributed by atoms with E-state index in [-0.39, 0.29) is 11.6 Å². The van der Waals surface area contributed by atoms with Gasteiger partial charge in [0.1, 0.15) is 11.5 Å². The molecule has 2 aromatic carbocycles. The highest BCUT2D eigenvalue weighted by molar-refractivity contribution is 5.54. The monoisotopic (exact) mass is 268 g/mol. The van der Waals surface area contributed by atoms with Crippen LogP contribution in [0.25, 0.3) is 5.69 Å². The molecule has 0 saturated heterocycles. The number of benzene rings is 2. The van der Waals surface area contributed by atoms with Gasteiger partial charge in [-0.15, -0.1) is 5.10 Å². The predicted molar refractivity (Wildman–Crippen MR) is 74.3 cm³/mol. The first-order chi connectivity index (χ1) is 9.74. The van der Waals surface area contributed by atoms with Gasteiger partial charge in [0.15, 0.2) is 0 Å². The van der Waals surface area contributed by atoms with Crippen LogP contribution >= 0.6 is 0 Å². The smallest absolute Gasteiger partial charge is 0.248 e. The summed E-state index contributed by atoms with van der Waals surface area (Å²) in [7, 11) is 0. The first-order valence-corrected chi connectivity index (χ1v) is 5.94. The van der Waals surface area contributed by atoms with Crippen LogP contribution in [0.15, 0.2) is 48.5 Å². The molecule has 1 aromatic heterocycles. The zero-order valence-electron chi connectivity index (χ0n) is 10.4. The highest BCUT2D eigenvalue weighted by atomic mass is 19.1. The minimum absolute atomic E-state index is 0.111. The van der Waals surface area contributed by atoms with Crippen molar-refractivity contribution in [3.05, 3.63) is 60.4 Å². The minimum Gasteiger partial charge on any atom is -0.368 e. The number of aromatic nitrogens is 3. The van der Waals surface area contributed by atoms with Gasteiger partial charge in [0, 0.05) is 5.69 Å². The third-order valence-corrected chi connectivity index (χ3v) is 2.69. The Morgan fingerprint density at radius 3 is 2.65 bits per heavy atom. The van der Waals surface area contributed by atoms with Gasteiger partial charge in [-0.25, -0.2) is 4.39 Å². The first-order valence-electron chi connectivity index (χ1n) is 5.94. The second kappa shape index (κ2) is 5.00. The van der Waals surface area contributed by atoms with Crippen LogP contribution in [0.2, 0.25) is 0 Å². The average molecular weight is 268 g/mol. The molecule has 0 saturated carbocycles. The number of hydrogen-bond donors (Lipinski definition) is 2. The first kappa shape index (κ1) is 12.2. The van der Waals surface area contributed by atoms with Crippen molar-refractivity contribution in [2.75, 3.05) is 11.1 Å². The van der Waals surface area contributed by atoms with E-state index in [1.807, 2.05) is 12.1 Å². The van der Waals surface area contributed by atoms with Crippen LogP contribution in [0, 0.1) is 11.9 Å². The van der Waals surface area contributed by atoms with Gasteiger partial charge in [-0.3, -0.25) is 0 Å². The maximum Gasteiger partial charge on any atom is 0.248 e. The van der Waals surface area contributed by atoms with E-state index in [0.717, 1.165) is 5.69 Å². The van der Waals surface area contributed by atoms with Crippen molar-refractivity contribution in [3.63, 3.8) is 0 Å². The van der Waals surface area contributed by atoms with E-state index < -0.39 is 5.82 Å². The number of nitrogen functional groups attached to an aromatic ring is 1. The topological polar surface area (TPSA) is 68.8 Å². The fourth-order valence-corrected chi connectivity index (χ4v) is 1.78. The van der Waals surface area contributed by atoms with Crippen LogP contribution in [0.5, 0.6) is 0 Å². The molecule has 0 bridgehead atoms. The maximum atomic E-state index is 13.7. The summed E-state index contributed by atoms with van der Waals surface area (Å²) in [5.41, 5.74) is 6.83. The van der Waals surface area contributed by atoms with E-state index in [0.29, 0.717) is 5.95 Å². The van der Waals surface area contributed by atoms with Crippen LogP contribution in [-0.4, -0.2) is 14.8 Å². The number of anilines is 3. The summed E-state index contributed by atoms with van der Waals surface area (Å²) in [6, 6.07) is 16.3. The Hall–Kier alpha value is -2.89. The summed E-state index contributed by atoms with van der Waals surface area (Å²) in [4.78, 5) is 4.07. The molecule has 0 aliphatic carbocycles. The second-order valence-corrected chi connectivity index (χ2v) is 4.07. The van der Waals surface area contributed by atoms with E-state index in [9.17, 15) is 4.39 Å². The molecule has 1 heterocycles. The van der Waals surface area contributed by atoms with Crippen LogP contribution in [0.4, 0.5) is 22.0 Å². The quantitative estimate of drug-likeness (QED) is 0.766. The molecule has 20 heavy (non-hydrogen) atoms. The minimum atomic E-state index is -0.412. The van der Waals surface area contributed by atoms with E-state index in [2.05, 4.69) is 21.5 Å². The molecular formula is C14H11FN5. The molecule has 3 rings (SSSR count). The van der Waals surface area contributed by atoms with Gasteiger partial charge < -0.3 is 11.1 Å². The Bertz CT molecular complexity index is 723. The van der Waals surface area contributed by atoms with Crippen LogP contribution in [0.3, 0.4) is 0 Å². The van der Waals surface area contributed by atoms with E-state index in [1.165, 1.54) is 10.7 Å². The number of rotatable bonds is 3. The summed E-state index contributed by atoms with van der Waals surface area (Å²) in [6.45, 7) is 0. The van der Waals surface area contributed by atoms with Gasteiger partial charge in [0.2, 0.25) is 11.9 Å². The summed E-state index contributed by atoms with van der Waals surface area (Å²) in [6.07, 6.45) is 0. The Labute approximate surface area is 114 Å². The lowest BCUT2D eigenvalue weighted by Crippen LogP contribution is -2.04. The van der Waals surface area contributed by atoms with Crippen molar-refractivity contribution >= 4 is 17.6 Å². The standard InChI is InChI=1S/C14H11FN5/c15-11-8-4-5-9-12(11)20-13(16)18-14(19-20)17-10-6-2-1-3-7-10/h2-9H,(H3,16,17,18,19). The van der Waals surface area contributed by atoms with Crippen molar-refractivity contribution in [2.45, 2.75) is 0 Å². The molecule has 5 nitrogen and oxygen atoms in total. The van der Waals surface area contributed by atoms with Crippen molar-refractivity contribution in [2.24, 2.45) is 0 Å². The number of hydrogen-bond acceptors (Lipinski definition) is 4. The summed E-state index contributed by atoms with van der Waals surface area (Å²) in [5.74, 6) is 0.00186. The van der Waals surface area contributed by atoms with E-state index >= 15 is 0 Å². The summed E-state index contributed by atoms with van der Waals surface area (Å²) >= 11 is 0. The molecule has 0 fully saturated rings. The van der Waals surface area contributed by atoms with Crippen molar-refractivity contribution < 1.29 is 4.39 Å². The third-order valence-electron chi connectivity index (χ3n) is 2.69. The third kappa shape index (κ3) is 2.31. The van der Waals surface area contributed by atoms with E-state index in [4.69, 9.17) is 5.73 Å². The SMILES string of the molecule is Nc1nc(Nc2cc[c]cc2)nn1-c1ccccc1F. The average Bonchev–Trinajstić information content (AvgIpc) is 2.81. The summed E-state index contributed by atoms with van der Waals surface area (Å²) in [5, 5.41) is 7.14. The molecule has 99 valence electrons. The van der Waals surface area contributed by atoms with Crippen molar-refractivity contribution in [1.29, 1.82) is 0 Å². The lowest BCUT2D eigenvalue weighted by atomic mass is 10.3. The number of nitrogens with zero attached hydrogens (tertiary/aromatic N) is 3. The van der Waals surface area contributed by atoms with Crippen LogP contribution < -0.4 is 11.1 Å². The second-order valence-electron chi connectivity index (χ2n) is 4.07. The van der Waals surface area contributed by atoms with Crippen molar-refractivity contribution in [1.82, 2.24) is 14.8 Å². The fourth-order valence-electron chi connectivity index (χ4n) is 1.78. The Kier molecular flexibility index (Phi) is 3.04. The van der Waals surface area contributed by atoms with Gasteiger partial charge in [-0.2, -0.15) is 9.67 Å². The molecule has 0 spiro atoms. The zero-order valence-corrected chi connectivity index (χ0v) is 10.4. The zero-order chi connectivity index (χ0) is 13.9. The highest BCUT2D eigenvalue weighted by Gasteiger charge is 2.11. The maximum absolute atomic E-state index is 13.7. The van der Waals surface area contributed by atoms with Crippen LogP contribution in [-0.2, 0) is 0 Å². The van der Waals surface area contributed by atoms with Gasteiger partial charge in [0.25, 0.3) is 0 Å². The predicted octanol–water partition coefficient (Wildman–Crippen LogP) is 2.53. The number of nitrogens with one attached hydrogen (secondary N) is 1. The molecule has 0 atom stereocenters. The number of para-hydroxylation sites is 1. The largest absolute Gasteiger partial charge is 0.368 e. The highest BCUT2D eigenvalue weighted by Crippen LogP contribution is 2.18. The molecule has 3 aromatic rings. The number of nitrogens with two attached hydrogens (primary N) is 1. The molecule has 6 heteroatoms. The van der Waals surface area contributed by atoms with Gasteiger partial charge in [-0.05, 0) is 30.3 Å². The summed E-state index contributed by atoms with van der Waals surface area (Å²) < 4.78 is 15.0. The van der Waals surface area contributed by atoms with Crippen molar-refractivity contribution in [3.8, 4) is 5.69 Å². The van der Waals surface area contributed by atoms with E-state index in [1.54, 1.807) is 30.3 Å². The van der Waals surface area contributed by atoms with Gasteiger partial charge >= 0.3 is 0 Å². The molecule has 1 radical (unpaired) electrons. The number of halogens is 1. The molecule has 3 N–H and O–H groups in total. The lowest BCUT2D eigenvalue weighted by Gasteiger charge is -2.03. The molecular weight excluding hydrogens is 257 g/mol. The normalized spacial score (nSPS) is 10.4. The Balaban J connectivity index is 1.94. The molecule has 0 amide bonds. The fraction of sp³-hybridized carbons (Fsp3) is 0. The Morgan fingerprint density at radius 1 is 1.15 bits per heavy atom. The van der Waals surface area contributed by atoms with Gasteiger partial charge in [0.05, 0.1) is 0 Å². The molecule has 0 aliphatic heterocycles. The Morgan fingerprint density at radius 2 is 1.90 bits per heavy atom. The van der Waals surface area contributed by atoms with Crippen LogP contribution in [0.1, 0.15) is 0 Å². The molecule has 0 aliphatic rings.